The Morgan fingerprint density at radius 3 is 2.12 bits per heavy atom. The van der Waals surface area contributed by atoms with Crippen LogP contribution in [0.5, 0.6) is 11.5 Å². The van der Waals surface area contributed by atoms with Crippen LogP contribution in [0.25, 0.3) is 5.69 Å². The summed E-state index contributed by atoms with van der Waals surface area (Å²) in [5.74, 6) is 1.01. The van der Waals surface area contributed by atoms with Crippen LogP contribution in [0, 0.1) is 10.1 Å². The van der Waals surface area contributed by atoms with Crippen molar-refractivity contribution in [2.45, 2.75) is 19.5 Å². The molecule has 8 nitrogen and oxygen atoms in total. The minimum absolute atomic E-state index is 0.0896. The predicted molar refractivity (Wildman–Crippen MR) is 111 cm³/mol. The lowest BCUT2D eigenvalue weighted by Gasteiger charge is -2.13. The zero-order valence-electron chi connectivity index (χ0n) is 16.1. The summed E-state index contributed by atoms with van der Waals surface area (Å²) in [5.41, 5.74) is -1.08. The molecule has 1 N–H and O–H groups in total. The number of halogens is 5. The molecular weight excluding hydrogens is 476 g/mol. The van der Waals surface area contributed by atoms with Crippen LogP contribution in [-0.2, 0) is 4.79 Å². The Balaban J connectivity index is 0.000000343. The molecule has 0 fully saturated rings. The Hall–Kier alpha value is -3.31. The van der Waals surface area contributed by atoms with Crippen LogP contribution < -0.4 is 10.1 Å². The maximum atomic E-state index is 13.4. The largest absolute Gasteiger partial charge is 0.457 e. The fraction of sp³-hybridized carbons (Fsp3) is 0.158. The van der Waals surface area contributed by atoms with E-state index in [9.17, 15) is 28.1 Å². The molecule has 2 aliphatic heterocycles. The lowest BCUT2D eigenvalue weighted by Crippen LogP contribution is -2.08. The minimum Gasteiger partial charge on any atom is -0.457 e. The molecule has 3 aromatic rings. The molecule has 0 radical (unpaired) electrons. The number of amides is 1. The Morgan fingerprint density at radius 1 is 1.19 bits per heavy atom. The third kappa shape index (κ3) is 5.11. The number of carbonyl (C=O) groups excluding carboxylic acids is 1. The maximum Gasteiger partial charge on any atom is 0.331 e. The molecule has 1 atom stereocenters. The Labute approximate surface area is 188 Å². The molecule has 0 spiro atoms. The summed E-state index contributed by atoms with van der Waals surface area (Å²) < 4.78 is 44.3. The van der Waals surface area contributed by atoms with E-state index >= 15 is 0 Å². The van der Waals surface area contributed by atoms with Gasteiger partial charge in [-0.1, -0.05) is 29.3 Å². The van der Waals surface area contributed by atoms with Gasteiger partial charge in [-0.05, 0) is 29.8 Å². The number of carbonyl (C=O) groups is 1. The average Bonchev–Trinajstić information content (AvgIpc) is 3.10. The number of alkyl halides is 3. The zero-order valence-corrected chi connectivity index (χ0v) is 17.6. The number of hydrogen-bond acceptors (Lipinski definition) is 5. The molecule has 1 amide bonds. The van der Waals surface area contributed by atoms with Gasteiger partial charge in [0.25, 0.3) is 6.43 Å². The molecule has 0 saturated heterocycles. The molecular formula is C19H13Cl2F3N4O4. The minimum atomic E-state index is -3.27. The first-order valence-electron chi connectivity index (χ1n) is 8.78. The van der Waals surface area contributed by atoms with Gasteiger partial charge in [-0.15, -0.1) is 5.10 Å². The lowest BCUT2D eigenvalue weighted by atomic mass is 10.1. The topological polar surface area (TPSA) is 99.3 Å². The lowest BCUT2D eigenvalue weighted by molar-refractivity contribution is -0.384. The number of fused-ring (bicyclic) bond motifs is 2. The van der Waals surface area contributed by atoms with Crippen molar-refractivity contribution in [3.05, 3.63) is 68.3 Å². The highest BCUT2D eigenvalue weighted by atomic mass is 35.5. The molecule has 32 heavy (non-hydrogen) atoms. The normalized spacial score (nSPS) is 12.2. The first-order valence-corrected chi connectivity index (χ1v) is 9.53. The van der Waals surface area contributed by atoms with Crippen molar-refractivity contribution in [1.29, 1.82) is 0 Å². The van der Waals surface area contributed by atoms with Gasteiger partial charge in [0.2, 0.25) is 11.7 Å². The van der Waals surface area contributed by atoms with E-state index in [2.05, 4.69) is 10.4 Å². The van der Waals surface area contributed by atoms with Gasteiger partial charge in [-0.25, -0.2) is 17.9 Å². The molecule has 2 aliphatic rings. The van der Waals surface area contributed by atoms with Crippen molar-refractivity contribution in [3.8, 4) is 17.2 Å². The van der Waals surface area contributed by atoms with E-state index < -0.39 is 34.7 Å². The summed E-state index contributed by atoms with van der Waals surface area (Å²) >= 11 is 11.9. The van der Waals surface area contributed by atoms with Crippen LogP contribution in [0.15, 0.2) is 42.6 Å². The summed E-state index contributed by atoms with van der Waals surface area (Å²) in [7, 11) is 0. The number of anilines is 1. The zero-order chi connectivity index (χ0) is 23.6. The third-order valence-electron chi connectivity index (χ3n) is 4.04. The van der Waals surface area contributed by atoms with Crippen LogP contribution in [0.1, 0.15) is 18.7 Å². The molecule has 1 unspecified atom stereocenters. The second kappa shape index (κ2) is 9.45. The van der Waals surface area contributed by atoms with E-state index in [0.717, 1.165) is 41.4 Å². The van der Waals surface area contributed by atoms with E-state index in [1.165, 1.54) is 0 Å². The van der Waals surface area contributed by atoms with Crippen molar-refractivity contribution in [1.82, 2.24) is 9.78 Å². The predicted octanol–water partition coefficient (Wildman–Crippen LogP) is 6.11. The van der Waals surface area contributed by atoms with Crippen LogP contribution in [0.4, 0.5) is 24.7 Å². The van der Waals surface area contributed by atoms with Crippen molar-refractivity contribution >= 4 is 40.6 Å². The van der Waals surface area contributed by atoms with Crippen molar-refractivity contribution < 1.29 is 27.6 Å². The second-order valence-corrected chi connectivity index (χ2v) is 7.21. The fourth-order valence-corrected chi connectivity index (χ4v) is 3.33. The number of ether oxygens (including phenoxy) is 1. The van der Waals surface area contributed by atoms with Crippen LogP contribution in [-0.4, -0.2) is 27.0 Å². The molecule has 2 bridgehead atoms. The number of nitrogens with one attached hydrogen (secondary N) is 1. The van der Waals surface area contributed by atoms with Gasteiger partial charge in [0.05, 0.1) is 15.0 Å². The van der Waals surface area contributed by atoms with Gasteiger partial charge in [0.15, 0.2) is 6.17 Å². The Bertz CT molecular complexity index is 1140. The average molecular weight is 489 g/mol. The summed E-state index contributed by atoms with van der Waals surface area (Å²) in [5, 5.41) is 16.5. The molecule has 168 valence electrons. The maximum absolute atomic E-state index is 13.4. The molecule has 0 saturated carbocycles. The number of rotatable bonds is 5. The highest BCUT2D eigenvalue weighted by molar-refractivity contribution is 6.37. The molecule has 5 rings (SSSR count). The van der Waals surface area contributed by atoms with Crippen LogP contribution in [0.2, 0.25) is 10.0 Å². The highest BCUT2D eigenvalue weighted by Crippen LogP contribution is 2.36. The van der Waals surface area contributed by atoms with Gasteiger partial charge in [0.1, 0.15) is 23.4 Å². The SMILES string of the molecule is CC(=O)Nc1nn(-c2c(Cl)cc(C(F)C(F)F)cc2Cl)cc1[N+](=O)[O-].c1cc2cc(c1)O2. The number of hydrogen-bond donors (Lipinski definition) is 1. The Kier molecular flexibility index (Phi) is 6.90. The van der Waals surface area contributed by atoms with Crippen molar-refractivity contribution in [2.24, 2.45) is 0 Å². The van der Waals surface area contributed by atoms with Crippen molar-refractivity contribution in [3.63, 3.8) is 0 Å². The highest BCUT2D eigenvalue weighted by Gasteiger charge is 2.26. The Morgan fingerprint density at radius 2 is 1.75 bits per heavy atom. The summed E-state index contributed by atoms with van der Waals surface area (Å²) in [6.07, 6.45) is -4.93. The van der Waals surface area contributed by atoms with Crippen LogP contribution in [0.3, 0.4) is 0 Å². The first kappa shape index (κ1) is 23.4. The van der Waals surface area contributed by atoms with Gasteiger partial charge in [0, 0.05) is 13.0 Å². The molecule has 0 aliphatic carbocycles. The van der Waals surface area contributed by atoms with E-state index in [1.807, 2.05) is 24.3 Å². The van der Waals surface area contributed by atoms with E-state index in [0.29, 0.717) is 0 Å². The monoisotopic (exact) mass is 488 g/mol. The fourth-order valence-electron chi connectivity index (χ4n) is 2.66. The second-order valence-electron chi connectivity index (χ2n) is 6.39. The molecule has 2 aromatic carbocycles. The molecule has 13 heteroatoms. The van der Waals surface area contributed by atoms with E-state index in [4.69, 9.17) is 27.9 Å². The number of benzene rings is 2. The van der Waals surface area contributed by atoms with Gasteiger partial charge in [-0.3, -0.25) is 14.9 Å². The summed E-state index contributed by atoms with van der Waals surface area (Å²) in [6.45, 7) is 1.13. The number of nitro groups is 1. The third-order valence-corrected chi connectivity index (χ3v) is 4.61. The summed E-state index contributed by atoms with van der Waals surface area (Å²) in [6, 6.07) is 9.70. The smallest absolute Gasteiger partial charge is 0.331 e. The molecule has 1 aromatic heterocycles. The van der Waals surface area contributed by atoms with Gasteiger partial charge >= 0.3 is 5.69 Å². The number of aromatic nitrogens is 2. The van der Waals surface area contributed by atoms with Gasteiger partial charge in [-0.2, -0.15) is 0 Å². The van der Waals surface area contributed by atoms with Gasteiger partial charge < -0.3 is 10.1 Å². The first-order chi connectivity index (χ1) is 15.1. The van der Waals surface area contributed by atoms with Crippen LogP contribution >= 0.6 is 23.2 Å². The standard InChI is InChI=1S/C13H9Cl2F3N4O3.C6H4O/c1-5(23)19-13-9(22(24)25)4-21(20-13)11-7(14)2-6(3-8(11)15)10(16)12(17)18;1-2-5-4-6(3-1)7-5/h2-4,10,12H,1H3,(H,19,20,23);1-4H. The van der Waals surface area contributed by atoms with Crippen molar-refractivity contribution in [2.75, 3.05) is 5.32 Å². The molecule has 3 heterocycles. The number of nitrogens with zero attached hydrogens (tertiary/aromatic N) is 3. The van der Waals surface area contributed by atoms with E-state index in [-0.39, 0.29) is 21.6 Å². The summed E-state index contributed by atoms with van der Waals surface area (Å²) in [4.78, 5) is 21.3. The van der Waals surface area contributed by atoms with E-state index in [1.54, 1.807) is 0 Å². The quantitative estimate of drug-likeness (QED) is 0.269.